The third-order valence-corrected chi connectivity index (χ3v) is 0.923. The zero-order chi connectivity index (χ0) is 8.53. The van der Waals surface area contributed by atoms with E-state index < -0.39 is 5.43 Å². The van der Waals surface area contributed by atoms with E-state index in [0.717, 1.165) is 0 Å². The van der Waals surface area contributed by atoms with E-state index in [1.165, 1.54) is 0 Å². The molecule has 0 atom stereocenters. The molecule has 0 aliphatic heterocycles. The van der Waals surface area contributed by atoms with Crippen LogP contribution in [-0.4, -0.2) is 12.0 Å². The maximum absolute atomic E-state index is 10.0. The Hall–Kier alpha value is -0.940. The molecule has 0 saturated carbocycles. The second-order valence-corrected chi connectivity index (χ2v) is 1.99. The molecule has 0 aliphatic rings. The van der Waals surface area contributed by atoms with Crippen LogP contribution >= 0.6 is 11.6 Å². The largest absolute Gasteiger partial charge is 0.453 e. The topological polar surface area (TPSA) is 26.3 Å². The van der Waals surface area contributed by atoms with Crippen molar-refractivity contribution in [2.45, 2.75) is 12.8 Å². The van der Waals surface area contributed by atoms with Crippen molar-refractivity contribution >= 4 is 17.0 Å². The number of carbonyl (C=O) groups is 1. The van der Waals surface area contributed by atoms with Crippen LogP contribution in [0.5, 0.6) is 0 Å². The standard InChI is InChI=1S/C8H9ClO2/c1-2-3-4-5-6-7-11-8(9)10/h2H,1,3,6-7H2. The van der Waals surface area contributed by atoms with E-state index in [-0.39, 0.29) is 6.61 Å². The minimum absolute atomic E-state index is 0.256. The van der Waals surface area contributed by atoms with Crippen molar-refractivity contribution in [1.29, 1.82) is 0 Å². The van der Waals surface area contributed by atoms with Gasteiger partial charge in [0.1, 0.15) is 6.61 Å². The lowest BCUT2D eigenvalue weighted by Gasteiger charge is -1.92. The van der Waals surface area contributed by atoms with Crippen molar-refractivity contribution in [3.63, 3.8) is 0 Å². The molecular weight excluding hydrogens is 164 g/mol. The molecule has 0 aliphatic carbocycles. The van der Waals surface area contributed by atoms with Gasteiger partial charge in [-0.05, 0) is 0 Å². The Bertz CT molecular complexity index is 188. The second-order valence-electron chi connectivity index (χ2n) is 1.68. The van der Waals surface area contributed by atoms with E-state index in [2.05, 4.69) is 23.2 Å². The first-order chi connectivity index (χ1) is 5.27. The summed E-state index contributed by atoms with van der Waals surface area (Å²) in [6.45, 7) is 3.75. The van der Waals surface area contributed by atoms with Gasteiger partial charge in [-0.3, -0.25) is 0 Å². The van der Waals surface area contributed by atoms with Crippen molar-refractivity contribution in [1.82, 2.24) is 0 Å². The number of hydrogen-bond donors (Lipinski definition) is 0. The molecule has 0 amide bonds. The van der Waals surface area contributed by atoms with E-state index >= 15 is 0 Å². The van der Waals surface area contributed by atoms with Crippen LogP contribution in [0.15, 0.2) is 12.7 Å². The summed E-state index contributed by atoms with van der Waals surface area (Å²) < 4.78 is 4.42. The van der Waals surface area contributed by atoms with Crippen LogP contribution in [0.3, 0.4) is 0 Å². The molecule has 11 heavy (non-hydrogen) atoms. The van der Waals surface area contributed by atoms with E-state index in [1.54, 1.807) is 6.08 Å². The average Bonchev–Trinajstić information content (AvgIpc) is 1.96. The highest BCUT2D eigenvalue weighted by Gasteiger charge is 1.90. The van der Waals surface area contributed by atoms with E-state index in [9.17, 15) is 4.79 Å². The van der Waals surface area contributed by atoms with Gasteiger partial charge in [-0.2, -0.15) is 0 Å². The van der Waals surface area contributed by atoms with Gasteiger partial charge in [0.25, 0.3) is 0 Å². The Labute approximate surface area is 71.2 Å². The highest BCUT2D eigenvalue weighted by molar-refractivity contribution is 6.61. The van der Waals surface area contributed by atoms with Crippen LogP contribution in [-0.2, 0) is 4.74 Å². The number of rotatable bonds is 3. The molecule has 0 N–H and O–H groups in total. The molecule has 0 rings (SSSR count). The van der Waals surface area contributed by atoms with Gasteiger partial charge in [-0.1, -0.05) is 17.9 Å². The summed E-state index contributed by atoms with van der Waals surface area (Å²) in [5.74, 6) is 5.59. The van der Waals surface area contributed by atoms with Gasteiger partial charge in [0, 0.05) is 24.4 Å². The molecule has 60 valence electrons. The first kappa shape index (κ1) is 10.1. The zero-order valence-corrected chi connectivity index (χ0v) is 6.86. The molecule has 0 fully saturated rings. The number of halogens is 1. The van der Waals surface area contributed by atoms with Crippen LogP contribution in [0.1, 0.15) is 12.8 Å². The number of allylic oxidation sites excluding steroid dienone is 1. The monoisotopic (exact) mass is 172 g/mol. The van der Waals surface area contributed by atoms with Crippen LogP contribution in [0.25, 0.3) is 0 Å². The Morgan fingerprint density at radius 2 is 2.36 bits per heavy atom. The fourth-order valence-corrected chi connectivity index (χ4v) is 0.492. The molecule has 0 bridgehead atoms. The van der Waals surface area contributed by atoms with Gasteiger partial charge in [0.05, 0.1) is 0 Å². The summed E-state index contributed by atoms with van der Waals surface area (Å²) in [6, 6.07) is 0. The SMILES string of the molecule is C=CCC#CCCOC(=O)Cl. The van der Waals surface area contributed by atoms with E-state index in [0.29, 0.717) is 12.8 Å². The van der Waals surface area contributed by atoms with E-state index in [4.69, 9.17) is 11.6 Å². The summed E-state index contributed by atoms with van der Waals surface area (Å²) in [6.07, 6.45) is 2.89. The molecule has 0 aromatic carbocycles. The van der Waals surface area contributed by atoms with Gasteiger partial charge in [-0.25, -0.2) is 4.79 Å². The zero-order valence-electron chi connectivity index (χ0n) is 6.10. The minimum atomic E-state index is -0.782. The lowest BCUT2D eigenvalue weighted by atomic mass is 10.4. The van der Waals surface area contributed by atoms with Crippen LogP contribution in [0.2, 0.25) is 0 Å². The molecule has 0 heterocycles. The molecule has 0 aromatic heterocycles. The number of hydrogen-bond acceptors (Lipinski definition) is 2. The summed E-state index contributed by atoms with van der Waals surface area (Å²) >= 11 is 4.89. The minimum Gasteiger partial charge on any atom is -0.453 e. The third-order valence-electron chi connectivity index (χ3n) is 0.814. The van der Waals surface area contributed by atoms with Crippen molar-refractivity contribution in [2.24, 2.45) is 0 Å². The van der Waals surface area contributed by atoms with Gasteiger partial charge >= 0.3 is 5.43 Å². The summed E-state index contributed by atoms with van der Waals surface area (Å²) in [5.41, 5.74) is -0.782. The Morgan fingerprint density at radius 3 is 2.91 bits per heavy atom. The van der Waals surface area contributed by atoms with Gasteiger partial charge < -0.3 is 4.74 Å². The first-order valence-corrected chi connectivity index (χ1v) is 3.54. The Kier molecular flexibility index (Phi) is 6.56. The van der Waals surface area contributed by atoms with Crippen LogP contribution < -0.4 is 0 Å². The van der Waals surface area contributed by atoms with Crippen LogP contribution in [0, 0.1) is 11.8 Å². The molecule has 0 saturated heterocycles. The lowest BCUT2D eigenvalue weighted by Crippen LogP contribution is -1.94. The quantitative estimate of drug-likeness (QED) is 0.283. The van der Waals surface area contributed by atoms with Crippen molar-refractivity contribution in [2.75, 3.05) is 6.61 Å². The Morgan fingerprint density at radius 1 is 1.64 bits per heavy atom. The van der Waals surface area contributed by atoms with Gasteiger partial charge in [0.2, 0.25) is 0 Å². The van der Waals surface area contributed by atoms with Gasteiger partial charge in [-0.15, -0.1) is 6.58 Å². The van der Waals surface area contributed by atoms with Crippen LogP contribution in [0.4, 0.5) is 4.79 Å². The van der Waals surface area contributed by atoms with Crippen molar-refractivity contribution < 1.29 is 9.53 Å². The molecule has 0 unspecified atom stereocenters. The molecule has 3 heteroatoms. The predicted octanol–water partition coefficient (Wildman–Crippen LogP) is 2.33. The second kappa shape index (κ2) is 7.17. The first-order valence-electron chi connectivity index (χ1n) is 3.16. The van der Waals surface area contributed by atoms with Crippen molar-refractivity contribution in [3.05, 3.63) is 12.7 Å². The summed E-state index contributed by atoms with van der Waals surface area (Å²) in [4.78, 5) is 10.0. The average molecular weight is 173 g/mol. The normalized spacial score (nSPS) is 7.73. The molecular formula is C8H9ClO2. The Balaban J connectivity index is 3.21. The van der Waals surface area contributed by atoms with Gasteiger partial charge in [0.15, 0.2) is 0 Å². The summed E-state index contributed by atoms with van der Waals surface area (Å²) in [5, 5.41) is 0. The number of carbonyl (C=O) groups excluding carboxylic acids is 1. The molecule has 0 aromatic rings. The fourth-order valence-electron chi connectivity index (χ4n) is 0.415. The van der Waals surface area contributed by atoms with E-state index in [1.807, 2.05) is 0 Å². The molecule has 2 nitrogen and oxygen atoms in total. The maximum atomic E-state index is 10.0. The lowest BCUT2D eigenvalue weighted by molar-refractivity contribution is 0.176. The van der Waals surface area contributed by atoms with Crippen molar-refractivity contribution in [3.8, 4) is 11.8 Å². The number of ether oxygens (including phenoxy) is 1. The highest BCUT2D eigenvalue weighted by Crippen LogP contribution is 1.88. The smallest absolute Gasteiger partial charge is 0.403 e. The maximum Gasteiger partial charge on any atom is 0.403 e. The third kappa shape index (κ3) is 9.06. The fraction of sp³-hybridized carbons (Fsp3) is 0.375. The highest BCUT2D eigenvalue weighted by atomic mass is 35.5. The summed E-state index contributed by atoms with van der Waals surface area (Å²) in [7, 11) is 0. The predicted molar refractivity (Wildman–Crippen MR) is 44.4 cm³/mol. The molecule has 0 radical (unpaired) electrons. The molecule has 0 spiro atoms.